The van der Waals surface area contributed by atoms with Gasteiger partial charge < -0.3 is 10.1 Å². The summed E-state index contributed by atoms with van der Waals surface area (Å²) < 4.78 is 18.9. The van der Waals surface area contributed by atoms with Gasteiger partial charge in [-0.05, 0) is 29.8 Å². The summed E-state index contributed by atoms with van der Waals surface area (Å²) in [6.45, 7) is 0.521. The average molecular weight is 282 g/mol. The first-order chi connectivity index (χ1) is 10.3. The van der Waals surface area contributed by atoms with Gasteiger partial charge in [-0.3, -0.25) is 4.98 Å². The van der Waals surface area contributed by atoms with E-state index < -0.39 is 0 Å². The summed E-state index contributed by atoms with van der Waals surface area (Å²) in [6, 6.07) is 14.5. The number of aromatic nitrogens is 1. The first kappa shape index (κ1) is 13.4. The van der Waals surface area contributed by atoms with Crippen molar-refractivity contribution in [2.75, 3.05) is 12.4 Å². The second-order valence-electron chi connectivity index (χ2n) is 4.69. The first-order valence-corrected chi connectivity index (χ1v) is 6.68. The summed E-state index contributed by atoms with van der Waals surface area (Å²) >= 11 is 0. The molecule has 0 fully saturated rings. The Hall–Kier alpha value is -2.62. The van der Waals surface area contributed by atoms with Crippen LogP contribution < -0.4 is 10.1 Å². The highest BCUT2D eigenvalue weighted by atomic mass is 19.1. The van der Waals surface area contributed by atoms with Crippen LogP contribution in [0.25, 0.3) is 10.9 Å². The third kappa shape index (κ3) is 2.79. The molecule has 1 aromatic heterocycles. The smallest absolute Gasteiger partial charge is 0.146 e. The maximum Gasteiger partial charge on any atom is 0.146 e. The molecule has 3 nitrogen and oxygen atoms in total. The van der Waals surface area contributed by atoms with E-state index in [0.717, 1.165) is 16.5 Å². The number of nitrogens with one attached hydrogen (secondary N) is 1. The Morgan fingerprint density at radius 1 is 1.14 bits per heavy atom. The standard InChI is InChI=1S/C17H15FN2O/c1-21-13-6-7-15(18)17(10-13)20-11-12-8-9-19-16-5-3-2-4-14(12)16/h2-10,20H,11H2,1H3. The van der Waals surface area contributed by atoms with E-state index >= 15 is 0 Å². The number of methoxy groups -OCH3 is 1. The third-order valence-electron chi connectivity index (χ3n) is 3.38. The molecule has 2 aromatic carbocycles. The van der Waals surface area contributed by atoms with Crippen molar-refractivity contribution in [1.82, 2.24) is 4.98 Å². The molecule has 1 N–H and O–H groups in total. The molecule has 0 aliphatic heterocycles. The Kier molecular flexibility index (Phi) is 3.69. The van der Waals surface area contributed by atoms with Crippen LogP contribution in [0.2, 0.25) is 0 Å². The maximum absolute atomic E-state index is 13.8. The maximum atomic E-state index is 13.8. The van der Waals surface area contributed by atoms with Crippen molar-refractivity contribution >= 4 is 16.6 Å². The fraction of sp³-hybridized carbons (Fsp3) is 0.118. The molecule has 0 unspecified atom stereocenters. The van der Waals surface area contributed by atoms with Crippen LogP contribution in [0, 0.1) is 5.82 Å². The Morgan fingerprint density at radius 3 is 2.86 bits per heavy atom. The van der Waals surface area contributed by atoms with Crippen molar-refractivity contribution in [2.24, 2.45) is 0 Å². The number of nitrogens with zero attached hydrogens (tertiary/aromatic N) is 1. The summed E-state index contributed by atoms with van der Waals surface area (Å²) in [5, 5.41) is 4.18. The second kappa shape index (κ2) is 5.79. The van der Waals surface area contributed by atoms with Gasteiger partial charge in [0, 0.05) is 24.2 Å². The van der Waals surface area contributed by atoms with Gasteiger partial charge in [0.15, 0.2) is 0 Å². The quantitative estimate of drug-likeness (QED) is 0.785. The predicted octanol–water partition coefficient (Wildman–Crippen LogP) is 3.99. The molecule has 106 valence electrons. The Balaban J connectivity index is 1.87. The van der Waals surface area contributed by atoms with Crippen LogP contribution in [0.15, 0.2) is 54.7 Å². The molecule has 3 aromatic rings. The van der Waals surface area contributed by atoms with Crippen molar-refractivity contribution in [3.8, 4) is 5.75 Å². The minimum atomic E-state index is -0.297. The van der Waals surface area contributed by atoms with E-state index in [0.29, 0.717) is 18.0 Å². The van der Waals surface area contributed by atoms with E-state index in [-0.39, 0.29) is 5.82 Å². The van der Waals surface area contributed by atoms with E-state index in [2.05, 4.69) is 10.3 Å². The highest BCUT2D eigenvalue weighted by Crippen LogP contribution is 2.23. The fourth-order valence-corrected chi connectivity index (χ4v) is 2.27. The molecule has 3 rings (SSSR count). The summed E-state index contributed by atoms with van der Waals surface area (Å²) in [5.41, 5.74) is 2.43. The highest BCUT2D eigenvalue weighted by Gasteiger charge is 2.05. The van der Waals surface area contributed by atoms with Gasteiger partial charge >= 0.3 is 0 Å². The number of ether oxygens (including phenoxy) is 1. The number of halogens is 1. The molecule has 0 saturated carbocycles. The number of hydrogen-bond acceptors (Lipinski definition) is 3. The number of rotatable bonds is 4. The number of pyridine rings is 1. The molecular weight excluding hydrogens is 267 g/mol. The lowest BCUT2D eigenvalue weighted by Crippen LogP contribution is -2.02. The molecule has 0 radical (unpaired) electrons. The SMILES string of the molecule is COc1ccc(F)c(NCc2ccnc3ccccc23)c1. The largest absolute Gasteiger partial charge is 0.497 e. The van der Waals surface area contributed by atoms with Crippen LogP contribution in [0.1, 0.15) is 5.56 Å². The molecular formula is C17H15FN2O. The van der Waals surface area contributed by atoms with Gasteiger partial charge in [0.2, 0.25) is 0 Å². The minimum Gasteiger partial charge on any atom is -0.497 e. The number of anilines is 1. The molecule has 0 amide bonds. The molecule has 21 heavy (non-hydrogen) atoms. The summed E-state index contributed by atoms with van der Waals surface area (Å²) in [4.78, 5) is 4.32. The summed E-state index contributed by atoms with van der Waals surface area (Å²) in [6.07, 6.45) is 1.77. The molecule has 0 atom stereocenters. The summed E-state index contributed by atoms with van der Waals surface area (Å²) in [5.74, 6) is 0.327. The lowest BCUT2D eigenvalue weighted by molar-refractivity contribution is 0.414. The van der Waals surface area contributed by atoms with Gasteiger partial charge in [0.25, 0.3) is 0 Å². The lowest BCUT2D eigenvalue weighted by Gasteiger charge is -2.11. The molecule has 4 heteroatoms. The van der Waals surface area contributed by atoms with Crippen LogP contribution in [-0.4, -0.2) is 12.1 Å². The van der Waals surface area contributed by atoms with Crippen molar-refractivity contribution in [3.05, 3.63) is 66.1 Å². The van der Waals surface area contributed by atoms with E-state index in [4.69, 9.17) is 4.74 Å². The zero-order valence-electron chi connectivity index (χ0n) is 11.6. The molecule has 0 spiro atoms. The second-order valence-corrected chi connectivity index (χ2v) is 4.69. The van der Waals surface area contributed by atoms with Crippen LogP contribution >= 0.6 is 0 Å². The Labute approximate surface area is 122 Å². The molecule has 0 aliphatic rings. The molecule has 0 bridgehead atoms. The van der Waals surface area contributed by atoms with Crippen molar-refractivity contribution in [3.63, 3.8) is 0 Å². The number of hydrogen-bond donors (Lipinski definition) is 1. The van der Waals surface area contributed by atoms with Crippen LogP contribution in [-0.2, 0) is 6.54 Å². The minimum absolute atomic E-state index is 0.297. The predicted molar refractivity (Wildman–Crippen MR) is 82.0 cm³/mol. The van der Waals surface area contributed by atoms with E-state index in [1.165, 1.54) is 6.07 Å². The summed E-state index contributed by atoms with van der Waals surface area (Å²) in [7, 11) is 1.56. The number of para-hydroxylation sites is 1. The monoisotopic (exact) mass is 282 g/mol. The lowest BCUT2D eigenvalue weighted by atomic mass is 10.1. The van der Waals surface area contributed by atoms with Crippen LogP contribution in [0.5, 0.6) is 5.75 Å². The van der Waals surface area contributed by atoms with Gasteiger partial charge in [-0.15, -0.1) is 0 Å². The van der Waals surface area contributed by atoms with E-state index in [9.17, 15) is 4.39 Å². The number of benzene rings is 2. The number of fused-ring (bicyclic) bond motifs is 1. The van der Waals surface area contributed by atoms with Crippen LogP contribution in [0.4, 0.5) is 10.1 Å². The normalized spacial score (nSPS) is 10.6. The van der Waals surface area contributed by atoms with Crippen LogP contribution in [0.3, 0.4) is 0 Å². The van der Waals surface area contributed by atoms with Crippen molar-refractivity contribution in [1.29, 1.82) is 0 Å². The molecule has 0 aliphatic carbocycles. The highest BCUT2D eigenvalue weighted by molar-refractivity contribution is 5.82. The van der Waals surface area contributed by atoms with Gasteiger partial charge in [-0.2, -0.15) is 0 Å². The average Bonchev–Trinajstić information content (AvgIpc) is 2.54. The zero-order valence-corrected chi connectivity index (χ0v) is 11.6. The fourth-order valence-electron chi connectivity index (χ4n) is 2.27. The van der Waals surface area contributed by atoms with E-state index in [1.54, 1.807) is 25.4 Å². The molecule has 0 saturated heterocycles. The Morgan fingerprint density at radius 2 is 2.00 bits per heavy atom. The van der Waals surface area contributed by atoms with Gasteiger partial charge in [-0.25, -0.2) is 4.39 Å². The van der Waals surface area contributed by atoms with Gasteiger partial charge in [0.1, 0.15) is 11.6 Å². The zero-order chi connectivity index (χ0) is 14.7. The molecule has 1 heterocycles. The van der Waals surface area contributed by atoms with Gasteiger partial charge in [0.05, 0.1) is 18.3 Å². The van der Waals surface area contributed by atoms with Gasteiger partial charge in [-0.1, -0.05) is 18.2 Å². The third-order valence-corrected chi connectivity index (χ3v) is 3.38. The topological polar surface area (TPSA) is 34.1 Å². The Bertz CT molecular complexity index is 768. The van der Waals surface area contributed by atoms with Crippen molar-refractivity contribution < 1.29 is 9.13 Å². The van der Waals surface area contributed by atoms with E-state index in [1.807, 2.05) is 30.3 Å². The first-order valence-electron chi connectivity index (χ1n) is 6.68. The van der Waals surface area contributed by atoms with Crippen molar-refractivity contribution in [2.45, 2.75) is 6.54 Å².